The summed E-state index contributed by atoms with van der Waals surface area (Å²) in [5.41, 5.74) is 0.216. The third-order valence-corrected chi connectivity index (χ3v) is 7.02. The lowest BCUT2D eigenvalue weighted by Crippen LogP contribution is -2.49. The first-order chi connectivity index (χ1) is 11.5. The molecule has 0 aromatic carbocycles. The van der Waals surface area contributed by atoms with E-state index in [1.807, 2.05) is 0 Å². The zero-order valence-electron chi connectivity index (χ0n) is 14.2. The molecule has 1 saturated heterocycles. The zero-order valence-corrected chi connectivity index (χ0v) is 14.2. The average Bonchev–Trinajstić information content (AvgIpc) is 2.78. The van der Waals surface area contributed by atoms with Gasteiger partial charge in [0.15, 0.2) is 0 Å². The van der Waals surface area contributed by atoms with Crippen LogP contribution in [0.4, 0.5) is 0 Å². The lowest BCUT2D eigenvalue weighted by Gasteiger charge is -2.56. The molecule has 0 aromatic rings. The van der Waals surface area contributed by atoms with Gasteiger partial charge in [0, 0.05) is 13.0 Å². The van der Waals surface area contributed by atoms with Crippen LogP contribution in [0.3, 0.4) is 0 Å². The first-order valence-corrected chi connectivity index (χ1v) is 9.48. The molecule has 1 amide bonds. The molecule has 6 nitrogen and oxygen atoms in total. The summed E-state index contributed by atoms with van der Waals surface area (Å²) in [6.45, 7) is 0.0654. The highest BCUT2D eigenvalue weighted by Crippen LogP contribution is 2.61. The number of amides is 1. The molecule has 0 aromatic heterocycles. The lowest BCUT2D eigenvalue weighted by atomic mass is 9.49. The number of carbonyl (C=O) groups excluding carboxylic acids is 1. The van der Waals surface area contributed by atoms with E-state index in [0.717, 1.165) is 17.8 Å². The minimum Gasteiger partial charge on any atom is -0.395 e. The fourth-order valence-electron chi connectivity index (χ4n) is 6.42. The van der Waals surface area contributed by atoms with E-state index in [2.05, 4.69) is 10.6 Å². The number of nitrogens with one attached hydrogen (secondary N) is 2. The van der Waals surface area contributed by atoms with Gasteiger partial charge in [-0.3, -0.25) is 4.79 Å². The molecule has 4 bridgehead atoms. The number of rotatable bonds is 5. The molecule has 24 heavy (non-hydrogen) atoms. The van der Waals surface area contributed by atoms with Crippen LogP contribution in [0, 0.1) is 23.2 Å². The van der Waals surface area contributed by atoms with E-state index in [4.69, 9.17) is 0 Å². The summed E-state index contributed by atoms with van der Waals surface area (Å²) in [6, 6.07) is -0.928. The lowest BCUT2D eigenvalue weighted by molar-refractivity contribution is -0.129. The molecule has 4 atom stereocenters. The van der Waals surface area contributed by atoms with Crippen LogP contribution in [0.1, 0.15) is 44.9 Å². The molecule has 1 heterocycles. The molecule has 5 aliphatic rings. The van der Waals surface area contributed by atoms with Crippen LogP contribution >= 0.6 is 0 Å². The molecule has 4 aliphatic carbocycles. The molecular weight excluding hydrogens is 308 g/mol. The Kier molecular flexibility index (Phi) is 4.35. The Labute approximate surface area is 143 Å². The van der Waals surface area contributed by atoms with Crippen molar-refractivity contribution < 1.29 is 20.1 Å². The topological polar surface area (TPSA) is 102 Å². The summed E-state index contributed by atoms with van der Waals surface area (Å²) in [5, 5.41) is 34.9. The van der Waals surface area contributed by atoms with Crippen molar-refractivity contribution in [1.82, 2.24) is 10.6 Å². The Balaban J connectivity index is 1.30. The van der Waals surface area contributed by atoms with Crippen molar-refractivity contribution in [2.24, 2.45) is 23.2 Å². The number of hydrogen-bond acceptors (Lipinski definition) is 5. The van der Waals surface area contributed by atoms with Gasteiger partial charge in [-0.05, 0) is 61.7 Å². The maximum atomic E-state index is 12.5. The fraction of sp³-hybridized carbons (Fsp3) is 0.944. The van der Waals surface area contributed by atoms with Gasteiger partial charge in [-0.15, -0.1) is 0 Å². The van der Waals surface area contributed by atoms with E-state index in [0.29, 0.717) is 13.0 Å². The minimum absolute atomic E-state index is 0.0629. The second-order valence-electron chi connectivity index (χ2n) is 8.94. The Bertz CT molecular complexity index is 462. The second kappa shape index (κ2) is 6.24. The van der Waals surface area contributed by atoms with Crippen LogP contribution in [0.15, 0.2) is 0 Å². The third kappa shape index (κ3) is 2.98. The largest absolute Gasteiger partial charge is 0.395 e. The van der Waals surface area contributed by atoms with Gasteiger partial charge >= 0.3 is 0 Å². The van der Waals surface area contributed by atoms with Crippen LogP contribution in [0.25, 0.3) is 0 Å². The van der Waals surface area contributed by atoms with Gasteiger partial charge in [0.25, 0.3) is 0 Å². The SMILES string of the molecule is O=C(CC12CC3CC(CC(C3)C1)C2)NC[C@H]1N[C@H](CO)[C@H](O)[C@@H]1O. The van der Waals surface area contributed by atoms with Crippen molar-refractivity contribution in [3.63, 3.8) is 0 Å². The van der Waals surface area contributed by atoms with E-state index in [-0.39, 0.29) is 17.9 Å². The van der Waals surface area contributed by atoms with E-state index in [9.17, 15) is 20.1 Å². The number of aliphatic hydroxyl groups is 3. The minimum atomic E-state index is -0.986. The van der Waals surface area contributed by atoms with Gasteiger partial charge in [0.05, 0.1) is 30.9 Å². The highest BCUT2D eigenvalue weighted by molar-refractivity contribution is 5.76. The molecule has 0 radical (unpaired) electrons. The van der Waals surface area contributed by atoms with Gasteiger partial charge in [0.2, 0.25) is 5.91 Å². The van der Waals surface area contributed by atoms with Crippen molar-refractivity contribution in [2.45, 2.75) is 69.2 Å². The fourth-order valence-corrected chi connectivity index (χ4v) is 6.42. The van der Waals surface area contributed by atoms with Crippen LogP contribution in [-0.2, 0) is 4.79 Å². The third-order valence-electron chi connectivity index (χ3n) is 7.02. The molecule has 1 aliphatic heterocycles. The summed E-state index contributed by atoms with van der Waals surface area (Å²) in [6.07, 6.45) is 6.41. The van der Waals surface area contributed by atoms with Crippen LogP contribution in [-0.4, -0.2) is 58.7 Å². The average molecular weight is 338 g/mol. The van der Waals surface area contributed by atoms with Gasteiger partial charge in [-0.1, -0.05) is 0 Å². The molecule has 0 unspecified atom stereocenters. The summed E-state index contributed by atoms with van der Waals surface area (Å²) in [4.78, 5) is 12.5. The Morgan fingerprint density at radius 3 is 2.04 bits per heavy atom. The summed E-state index contributed by atoms with van der Waals surface area (Å²) < 4.78 is 0. The normalized spacial score (nSPS) is 49.5. The monoisotopic (exact) mass is 338 g/mol. The van der Waals surface area contributed by atoms with Crippen molar-refractivity contribution in [1.29, 1.82) is 0 Å². The molecule has 0 spiro atoms. The molecule has 5 N–H and O–H groups in total. The molecular formula is C18H30N2O4. The summed E-state index contributed by atoms with van der Waals surface area (Å²) in [5.74, 6) is 2.57. The maximum absolute atomic E-state index is 12.5. The first kappa shape index (κ1) is 16.8. The predicted octanol–water partition coefficient (Wildman–Crippen LogP) is -0.236. The van der Waals surface area contributed by atoms with Crippen molar-refractivity contribution >= 4 is 5.91 Å². The van der Waals surface area contributed by atoms with Gasteiger partial charge in [-0.2, -0.15) is 0 Å². The Morgan fingerprint density at radius 1 is 1.00 bits per heavy atom. The van der Waals surface area contributed by atoms with E-state index in [1.54, 1.807) is 0 Å². The second-order valence-corrected chi connectivity index (χ2v) is 8.94. The Hall–Kier alpha value is -0.690. The number of aliphatic hydroxyl groups excluding tert-OH is 3. The molecule has 4 saturated carbocycles. The molecule has 136 valence electrons. The quantitative estimate of drug-likeness (QED) is 0.476. The van der Waals surface area contributed by atoms with E-state index < -0.39 is 24.3 Å². The van der Waals surface area contributed by atoms with Crippen LogP contribution in [0.5, 0.6) is 0 Å². The maximum Gasteiger partial charge on any atom is 0.220 e. The first-order valence-electron chi connectivity index (χ1n) is 9.48. The molecule has 6 heteroatoms. The van der Waals surface area contributed by atoms with Crippen molar-refractivity contribution in [2.75, 3.05) is 13.2 Å². The smallest absolute Gasteiger partial charge is 0.220 e. The van der Waals surface area contributed by atoms with Gasteiger partial charge < -0.3 is 26.0 Å². The van der Waals surface area contributed by atoms with Crippen LogP contribution < -0.4 is 10.6 Å². The zero-order chi connectivity index (χ0) is 16.9. The van der Waals surface area contributed by atoms with Gasteiger partial charge in [0.1, 0.15) is 0 Å². The summed E-state index contributed by atoms with van der Waals surface area (Å²) in [7, 11) is 0. The van der Waals surface area contributed by atoms with Crippen LogP contribution in [0.2, 0.25) is 0 Å². The van der Waals surface area contributed by atoms with Crippen molar-refractivity contribution in [3.05, 3.63) is 0 Å². The number of hydrogen-bond donors (Lipinski definition) is 5. The highest BCUT2D eigenvalue weighted by Gasteiger charge is 2.51. The predicted molar refractivity (Wildman–Crippen MR) is 88.0 cm³/mol. The van der Waals surface area contributed by atoms with E-state index >= 15 is 0 Å². The van der Waals surface area contributed by atoms with Crippen molar-refractivity contribution in [3.8, 4) is 0 Å². The number of carbonyl (C=O) groups is 1. The standard InChI is InChI=1S/C18H30N2O4/c21-9-14-17(24)16(23)13(20-14)8-19-15(22)7-18-4-10-1-11(5-18)3-12(2-10)6-18/h10-14,16-17,20-21,23-24H,1-9H2,(H,19,22)/t10?,11?,12?,13-,14-,16-,17+,18?/m1/s1. The summed E-state index contributed by atoms with van der Waals surface area (Å²) >= 11 is 0. The highest BCUT2D eigenvalue weighted by atomic mass is 16.3. The van der Waals surface area contributed by atoms with Gasteiger partial charge in [-0.25, -0.2) is 0 Å². The van der Waals surface area contributed by atoms with E-state index in [1.165, 1.54) is 38.5 Å². The molecule has 5 fully saturated rings. The Morgan fingerprint density at radius 2 is 1.54 bits per heavy atom. The molecule has 5 rings (SSSR count).